The lowest BCUT2D eigenvalue weighted by Gasteiger charge is -2.39. The van der Waals surface area contributed by atoms with Crippen LogP contribution >= 0.6 is 0 Å². The molecule has 170 valence electrons. The van der Waals surface area contributed by atoms with Gasteiger partial charge in [0.2, 0.25) is 5.91 Å². The standard InChI is InChI=1S/C23H30N6O3/c1-14-11-18(29(27-14)22-24-17(23(2,3)4)12-19(30)26-22)25-20(31)21(32)28-10-9-15-7-5-6-8-16(15)13-28/h5-8,11,17,22,24H,9-10,12-13H2,1-4H3,(H,25,31)(H,26,30). The van der Waals surface area contributed by atoms with E-state index in [1.165, 1.54) is 10.2 Å². The van der Waals surface area contributed by atoms with Crippen molar-refractivity contribution in [1.29, 1.82) is 0 Å². The van der Waals surface area contributed by atoms with Crippen LogP contribution in [-0.2, 0) is 27.3 Å². The number of anilines is 1. The molecule has 0 saturated carbocycles. The Balaban J connectivity index is 1.49. The van der Waals surface area contributed by atoms with Crippen molar-refractivity contribution in [2.45, 2.75) is 59.4 Å². The molecule has 2 aliphatic heterocycles. The number of rotatable bonds is 2. The van der Waals surface area contributed by atoms with Gasteiger partial charge in [-0.2, -0.15) is 5.10 Å². The van der Waals surface area contributed by atoms with E-state index in [1.807, 2.05) is 18.2 Å². The number of nitrogens with zero attached hydrogens (tertiary/aromatic N) is 3. The first-order valence-corrected chi connectivity index (χ1v) is 10.9. The van der Waals surface area contributed by atoms with Crippen molar-refractivity contribution in [3.8, 4) is 0 Å². The quantitative estimate of drug-likeness (QED) is 0.619. The first kappa shape index (κ1) is 22.0. The van der Waals surface area contributed by atoms with E-state index >= 15 is 0 Å². The first-order chi connectivity index (χ1) is 15.1. The molecule has 0 bridgehead atoms. The van der Waals surface area contributed by atoms with Crippen LogP contribution in [0.25, 0.3) is 0 Å². The van der Waals surface area contributed by atoms with Crippen molar-refractivity contribution >= 4 is 23.5 Å². The van der Waals surface area contributed by atoms with Gasteiger partial charge < -0.3 is 15.5 Å². The van der Waals surface area contributed by atoms with Gasteiger partial charge >= 0.3 is 11.8 Å². The lowest BCUT2D eigenvalue weighted by atomic mass is 9.84. The molecule has 0 radical (unpaired) electrons. The third-order valence-electron chi connectivity index (χ3n) is 6.05. The summed E-state index contributed by atoms with van der Waals surface area (Å²) in [6.45, 7) is 8.89. The Kier molecular flexibility index (Phi) is 5.77. The summed E-state index contributed by atoms with van der Waals surface area (Å²) >= 11 is 0. The minimum Gasteiger partial charge on any atom is -0.330 e. The van der Waals surface area contributed by atoms with Gasteiger partial charge in [0.1, 0.15) is 5.82 Å². The molecule has 3 heterocycles. The minimum atomic E-state index is -0.722. The second kappa shape index (κ2) is 8.38. The number of aryl methyl sites for hydroxylation is 1. The second-order valence-corrected chi connectivity index (χ2v) is 9.57. The molecule has 2 atom stereocenters. The summed E-state index contributed by atoms with van der Waals surface area (Å²) < 4.78 is 1.52. The van der Waals surface area contributed by atoms with E-state index in [2.05, 4.69) is 47.9 Å². The van der Waals surface area contributed by atoms with E-state index in [0.717, 1.165) is 12.0 Å². The maximum absolute atomic E-state index is 12.8. The fourth-order valence-corrected chi connectivity index (χ4v) is 4.17. The monoisotopic (exact) mass is 438 g/mol. The molecule has 1 aromatic carbocycles. The van der Waals surface area contributed by atoms with Gasteiger partial charge in [-0.15, -0.1) is 0 Å². The number of carbonyl (C=O) groups is 3. The third-order valence-corrected chi connectivity index (χ3v) is 6.05. The second-order valence-electron chi connectivity index (χ2n) is 9.57. The van der Waals surface area contributed by atoms with Crippen molar-refractivity contribution in [3.05, 3.63) is 47.2 Å². The highest BCUT2D eigenvalue weighted by atomic mass is 16.2. The molecule has 1 saturated heterocycles. The average molecular weight is 439 g/mol. The Morgan fingerprint density at radius 3 is 2.62 bits per heavy atom. The van der Waals surface area contributed by atoms with Crippen molar-refractivity contribution in [3.63, 3.8) is 0 Å². The highest BCUT2D eigenvalue weighted by molar-refractivity contribution is 6.39. The van der Waals surface area contributed by atoms with Crippen LogP contribution in [0, 0.1) is 12.3 Å². The summed E-state index contributed by atoms with van der Waals surface area (Å²) in [6, 6.07) is 9.57. The molecule has 2 aliphatic rings. The van der Waals surface area contributed by atoms with Crippen LogP contribution in [0.1, 0.15) is 50.3 Å². The Labute approximate surface area is 187 Å². The van der Waals surface area contributed by atoms with Gasteiger partial charge in [-0.1, -0.05) is 45.0 Å². The number of hydrogen-bond donors (Lipinski definition) is 3. The third kappa shape index (κ3) is 4.52. The molecule has 2 unspecified atom stereocenters. The molecular formula is C23H30N6O3. The minimum absolute atomic E-state index is 0.0654. The zero-order valence-corrected chi connectivity index (χ0v) is 18.9. The van der Waals surface area contributed by atoms with E-state index in [4.69, 9.17) is 0 Å². The summed E-state index contributed by atoms with van der Waals surface area (Å²) in [6.07, 6.45) is 0.455. The topological polar surface area (TPSA) is 108 Å². The van der Waals surface area contributed by atoms with E-state index in [1.54, 1.807) is 17.9 Å². The van der Waals surface area contributed by atoms with E-state index < -0.39 is 18.1 Å². The van der Waals surface area contributed by atoms with Crippen molar-refractivity contribution in [2.75, 3.05) is 11.9 Å². The van der Waals surface area contributed by atoms with Crippen LogP contribution < -0.4 is 16.0 Å². The average Bonchev–Trinajstić information content (AvgIpc) is 3.11. The maximum Gasteiger partial charge on any atom is 0.315 e. The molecule has 2 aromatic rings. The SMILES string of the molecule is Cc1cc(NC(=O)C(=O)N2CCc3ccccc3C2)n(C2NC(=O)CC(C(C)(C)C)N2)n1. The number of amides is 3. The summed E-state index contributed by atoms with van der Waals surface area (Å²) in [5, 5.41) is 13.4. The Hall–Kier alpha value is -3.20. The molecule has 3 N–H and O–H groups in total. The molecular weight excluding hydrogens is 408 g/mol. The van der Waals surface area contributed by atoms with Crippen LogP contribution in [0.4, 0.5) is 5.82 Å². The van der Waals surface area contributed by atoms with Gasteiger partial charge in [-0.25, -0.2) is 4.68 Å². The largest absolute Gasteiger partial charge is 0.330 e. The highest BCUT2D eigenvalue weighted by Gasteiger charge is 2.36. The highest BCUT2D eigenvalue weighted by Crippen LogP contribution is 2.27. The Bertz CT molecular complexity index is 1050. The number of fused-ring (bicyclic) bond motifs is 1. The smallest absolute Gasteiger partial charge is 0.315 e. The van der Waals surface area contributed by atoms with Gasteiger partial charge in [0.05, 0.1) is 5.69 Å². The lowest BCUT2D eigenvalue weighted by molar-refractivity contribution is -0.143. The van der Waals surface area contributed by atoms with E-state index in [0.29, 0.717) is 31.0 Å². The molecule has 0 aliphatic carbocycles. The van der Waals surface area contributed by atoms with Crippen molar-refractivity contribution in [1.82, 2.24) is 25.3 Å². The number of carbonyl (C=O) groups excluding carboxylic acids is 3. The molecule has 1 aromatic heterocycles. The van der Waals surface area contributed by atoms with Crippen LogP contribution in [0.3, 0.4) is 0 Å². The predicted octanol–water partition coefficient (Wildman–Crippen LogP) is 1.70. The molecule has 9 heteroatoms. The molecule has 9 nitrogen and oxygen atoms in total. The molecule has 32 heavy (non-hydrogen) atoms. The summed E-state index contributed by atoms with van der Waals surface area (Å²) in [5.74, 6) is -1.05. The van der Waals surface area contributed by atoms with Gasteiger partial charge in [-0.05, 0) is 29.9 Å². The molecule has 4 rings (SSSR count). The zero-order chi connectivity index (χ0) is 23.0. The summed E-state index contributed by atoms with van der Waals surface area (Å²) in [7, 11) is 0. The number of benzene rings is 1. The van der Waals surface area contributed by atoms with Crippen LogP contribution in [-0.4, -0.2) is 45.0 Å². The Morgan fingerprint density at radius 1 is 1.19 bits per heavy atom. The van der Waals surface area contributed by atoms with E-state index in [-0.39, 0.29) is 17.4 Å². The summed E-state index contributed by atoms with van der Waals surface area (Å²) in [5.41, 5.74) is 2.79. The number of nitrogens with one attached hydrogen (secondary N) is 3. The van der Waals surface area contributed by atoms with Crippen LogP contribution in [0.2, 0.25) is 0 Å². The van der Waals surface area contributed by atoms with Gasteiger partial charge in [0.25, 0.3) is 0 Å². The molecule has 3 amide bonds. The number of hydrogen-bond acceptors (Lipinski definition) is 5. The van der Waals surface area contributed by atoms with Crippen LogP contribution in [0.5, 0.6) is 0 Å². The van der Waals surface area contributed by atoms with Gasteiger partial charge in [0.15, 0.2) is 6.29 Å². The summed E-state index contributed by atoms with van der Waals surface area (Å²) in [4.78, 5) is 39.5. The van der Waals surface area contributed by atoms with E-state index in [9.17, 15) is 14.4 Å². The first-order valence-electron chi connectivity index (χ1n) is 10.9. The van der Waals surface area contributed by atoms with Crippen molar-refractivity contribution < 1.29 is 14.4 Å². The number of aromatic nitrogens is 2. The maximum atomic E-state index is 12.8. The zero-order valence-electron chi connectivity index (χ0n) is 18.9. The fourth-order valence-electron chi connectivity index (χ4n) is 4.17. The lowest BCUT2D eigenvalue weighted by Crippen LogP contribution is -2.57. The molecule has 0 spiro atoms. The normalized spacial score (nSPS) is 21.0. The Morgan fingerprint density at radius 2 is 1.91 bits per heavy atom. The van der Waals surface area contributed by atoms with Gasteiger partial charge in [-0.3, -0.25) is 19.7 Å². The molecule has 1 fully saturated rings. The van der Waals surface area contributed by atoms with Crippen LogP contribution in [0.15, 0.2) is 30.3 Å². The predicted molar refractivity (Wildman–Crippen MR) is 119 cm³/mol. The van der Waals surface area contributed by atoms with Gasteiger partial charge in [0, 0.05) is 31.6 Å². The fraction of sp³-hybridized carbons (Fsp3) is 0.478. The van der Waals surface area contributed by atoms with Crippen molar-refractivity contribution in [2.24, 2.45) is 5.41 Å².